The molecule has 0 aliphatic carbocycles. The van der Waals surface area contributed by atoms with Gasteiger partial charge in [0.15, 0.2) is 6.79 Å². The molecule has 2 aromatic carbocycles. The van der Waals surface area contributed by atoms with Gasteiger partial charge in [0, 0.05) is 13.2 Å². The Labute approximate surface area is 135 Å². The van der Waals surface area contributed by atoms with Gasteiger partial charge in [-0.1, -0.05) is 18.2 Å². The first-order valence-corrected chi connectivity index (χ1v) is 7.09. The summed E-state index contributed by atoms with van der Waals surface area (Å²) in [6, 6.07) is 12.3. The van der Waals surface area contributed by atoms with Crippen LogP contribution in [0.1, 0.15) is 11.1 Å². The minimum Gasteiger partial charge on any atom is -0.506 e. The fourth-order valence-electron chi connectivity index (χ4n) is 1.90. The maximum absolute atomic E-state index is 11.9. The van der Waals surface area contributed by atoms with Crippen LogP contribution in [0.4, 0.5) is 5.69 Å². The zero-order valence-electron chi connectivity index (χ0n) is 13.1. The molecule has 0 atom stereocenters. The van der Waals surface area contributed by atoms with Crippen LogP contribution in [0.3, 0.4) is 0 Å². The third-order valence-electron chi connectivity index (χ3n) is 3.06. The predicted octanol–water partition coefficient (Wildman–Crippen LogP) is 3.34. The van der Waals surface area contributed by atoms with Crippen molar-refractivity contribution < 1.29 is 19.4 Å². The highest BCUT2D eigenvalue weighted by molar-refractivity contribution is 6.02. The summed E-state index contributed by atoms with van der Waals surface area (Å²) in [5.41, 5.74) is 2.17. The van der Waals surface area contributed by atoms with Crippen molar-refractivity contribution in [3.63, 3.8) is 0 Å². The average Bonchev–Trinajstić information content (AvgIpc) is 2.54. The summed E-state index contributed by atoms with van der Waals surface area (Å²) in [4.78, 5) is 11.9. The number of aryl methyl sites for hydroxylation is 1. The number of phenolic OH excluding ortho intramolecular Hbond substituents is 1. The van der Waals surface area contributed by atoms with E-state index in [1.165, 1.54) is 6.08 Å². The van der Waals surface area contributed by atoms with Crippen LogP contribution in [0.15, 0.2) is 48.5 Å². The molecule has 0 fully saturated rings. The number of benzene rings is 2. The SMILES string of the molecule is COCOc1ccc(/C=C/C(=O)Nc2ccc(C)cc2O)cc1. The van der Waals surface area contributed by atoms with E-state index >= 15 is 0 Å². The van der Waals surface area contributed by atoms with Crippen molar-refractivity contribution in [3.05, 3.63) is 59.7 Å². The van der Waals surface area contributed by atoms with Gasteiger partial charge in [0.05, 0.1) is 5.69 Å². The number of ether oxygens (including phenoxy) is 2. The third-order valence-corrected chi connectivity index (χ3v) is 3.06. The lowest BCUT2D eigenvalue weighted by Gasteiger charge is -2.06. The van der Waals surface area contributed by atoms with E-state index in [0.717, 1.165) is 11.1 Å². The average molecular weight is 313 g/mol. The molecule has 0 unspecified atom stereocenters. The molecule has 0 saturated heterocycles. The van der Waals surface area contributed by atoms with Crippen molar-refractivity contribution in [2.75, 3.05) is 19.2 Å². The molecule has 0 heterocycles. The van der Waals surface area contributed by atoms with E-state index < -0.39 is 0 Å². The molecule has 0 aliphatic heterocycles. The maximum atomic E-state index is 11.9. The molecule has 2 aromatic rings. The molecule has 2 N–H and O–H groups in total. The van der Waals surface area contributed by atoms with E-state index in [4.69, 9.17) is 9.47 Å². The molecule has 1 amide bonds. The Morgan fingerprint density at radius 3 is 2.61 bits per heavy atom. The van der Waals surface area contributed by atoms with Gasteiger partial charge in [0.2, 0.25) is 5.91 Å². The van der Waals surface area contributed by atoms with Crippen molar-refractivity contribution in [2.45, 2.75) is 6.92 Å². The summed E-state index contributed by atoms with van der Waals surface area (Å²) in [6.45, 7) is 2.06. The van der Waals surface area contributed by atoms with Gasteiger partial charge < -0.3 is 19.9 Å². The second kappa shape index (κ2) is 8.00. The number of methoxy groups -OCH3 is 1. The first-order valence-electron chi connectivity index (χ1n) is 7.09. The van der Waals surface area contributed by atoms with Crippen molar-refractivity contribution in [3.8, 4) is 11.5 Å². The molecule has 23 heavy (non-hydrogen) atoms. The minimum atomic E-state index is -0.316. The zero-order chi connectivity index (χ0) is 16.7. The van der Waals surface area contributed by atoms with E-state index in [1.54, 1.807) is 37.5 Å². The van der Waals surface area contributed by atoms with Crippen LogP contribution < -0.4 is 10.1 Å². The van der Waals surface area contributed by atoms with Gasteiger partial charge in [0.1, 0.15) is 11.5 Å². The molecule has 0 bridgehead atoms. The number of rotatable bonds is 6. The van der Waals surface area contributed by atoms with Gasteiger partial charge in [-0.15, -0.1) is 0 Å². The third kappa shape index (κ3) is 5.16. The molecular formula is C18H19NO4. The number of phenols is 1. The zero-order valence-corrected chi connectivity index (χ0v) is 13.1. The molecule has 2 rings (SSSR count). The second-order valence-corrected chi connectivity index (χ2v) is 4.96. The number of hydrogen-bond acceptors (Lipinski definition) is 4. The van der Waals surface area contributed by atoms with Gasteiger partial charge in [-0.2, -0.15) is 0 Å². The second-order valence-electron chi connectivity index (χ2n) is 4.96. The van der Waals surface area contributed by atoms with E-state index in [9.17, 15) is 9.90 Å². The minimum absolute atomic E-state index is 0.0476. The summed E-state index contributed by atoms with van der Waals surface area (Å²) < 4.78 is 10.1. The highest BCUT2D eigenvalue weighted by Crippen LogP contribution is 2.23. The quantitative estimate of drug-likeness (QED) is 0.487. The maximum Gasteiger partial charge on any atom is 0.248 e. The Bertz CT molecular complexity index is 693. The first kappa shape index (κ1) is 16.6. The van der Waals surface area contributed by atoms with Gasteiger partial charge in [-0.25, -0.2) is 0 Å². The lowest BCUT2D eigenvalue weighted by atomic mass is 10.2. The van der Waals surface area contributed by atoms with Gasteiger partial charge in [0.25, 0.3) is 0 Å². The summed E-state index contributed by atoms with van der Waals surface area (Å²) in [7, 11) is 1.56. The summed E-state index contributed by atoms with van der Waals surface area (Å²) >= 11 is 0. The molecule has 0 spiro atoms. The van der Waals surface area contributed by atoms with Gasteiger partial charge in [-0.3, -0.25) is 4.79 Å². The smallest absolute Gasteiger partial charge is 0.248 e. The Kier molecular flexibility index (Phi) is 5.77. The Morgan fingerprint density at radius 1 is 1.22 bits per heavy atom. The van der Waals surface area contributed by atoms with Gasteiger partial charge in [-0.05, 0) is 48.4 Å². The number of aromatic hydroxyl groups is 1. The molecule has 120 valence electrons. The van der Waals surface area contributed by atoms with Crippen LogP contribution in [-0.2, 0) is 9.53 Å². The van der Waals surface area contributed by atoms with E-state index in [1.807, 2.05) is 25.1 Å². The van der Waals surface area contributed by atoms with Crippen LogP contribution in [-0.4, -0.2) is 24.9 Å². The Hall–Kier alpha value is -2.79. The van der Waals surface area contributed by atoms with Crippen molar-refractivity contribution in [2.24, 2.45) is 0 Å². The Morgan fingerprint density at radius 2 is 1.96 bits per heavy atom. The number of carbonyl (C=O) groups is 1. The van der Waals surface area contributed by atoms with Crippen LogP contribution in [0.25, 0.3) is 6.08 Å². The number of anilines is 1. The molecule has 0 aromatic heterocycles. The summed E-state index contributed by atoms with van der Waals surface area (Å²) in [6.07, 6.45) is 3.09. The lowest BCUT2D eigenvalue weighted by Crippen LogP contribution is -2.07. The molecule has 0 radical (unpaired) electrons. The summed E-state index contributed by atoms with van der Waals surface area (Å²) in [5.74, 6) is 0.424. The predicted molar refractivity (Wildman–Crippen MR) is 89.5 cm³/mol. The normalized spacial score (nSPS) is 10.7. The van der Waals surface area contributed by atoms with Crippen molar-refractivity contribution in [1.82, 2.24) is 0 Å². The van der Waals surface area contributed by atoms with Crippen LogP contribution >= 0.6 is 0 Å². The van der Waals surface area contributed by atoms with Crippen molar-refractivity contribution in [1.29, 1.82) is 0 Å². The van der Waals surface area contributed by atoms with Gasteiger partial charge >= 0.3 is 0 Å². The number of nitrogens with one attached hydrogen (secondary N) is 1. The van der Waals surface area contributed by atoms with E-state index in [0.29, 0.717) is 11.4 Å². The fourth-order valence-corrected chi connectivity index (χ4v) is 1.90. The molecule has 0 saturated carbocycles. The molecule has 5 heteroatoms. The lowest BCUT2D eigenvalue weighted by molar-refractivity contribution is -0.111. The van der Waals surface area contributed by atoms with Crippen LogP contribution in [0.2, 0.25) is 0 Å². The van der Waals surface area contributed by atoms with Crippen LogP contribution in [0.5, 0.6) is 11.5 Å². The molecule has 0 aliphatic rings. The van der Waals surface area contributed by atoms with Crippen molar-refractivity contribution >= 4 is 17.7 Å². The highest BCUT2D eigenvalue weighted by atomic mass is 16.7. The largest absolute Gasteiger partial charge is 0.506 e. The number of hydrogen-bond donors (Lipinski definition) is 2. The van der Waals surface area contributed by atoms with E-state index in [2.05, 4.69) is 5.32 Å². The topological polar surface area (TPSA) is 67.8 Å². The monoisotopic (exact) mass is 313 g/mol. The fraction of sp³-hybridized carbons (Fsp3) is 0.167. The van der Waals surface area contributed by atoms with Crippen LogP contribution in [0, 0.1) is 6.92 Å². The van der Waals surface area contributed by atoms with E-state index in [-0.39, 0.29) is 18.4 Å². The standard InChI is InChI=1S/C18H19NO4/c1-13-3-9-16(17(20)11-13)19-18(21)10-6-14-4-7-15(8-5-14)23-12-22-2/h3-11,20H,12H2,1-2H3,(H,19,21)/b10-6+. The highest BCUT2D eigenvalue weighted by Gasteiger charge is 2.03. The molecule has 5 nitrogen and oxygen atoms in total. The Balaban J connectivity index is 1.95. The summed E-state index contributed by atoms with van der Waals surface area (Å²) in [5, 5.41) is 12.4. The number of carbonyl (C=O) groups excluding carboxylic acids is 1. The first-order chi connectivity index (χ1) is 11.1. The molecular weight excluding hydrogens is 294 g/mol. The number of amides is 1.